The maximum atomic E-state index is 12.3. The van der Waals surface area contributed by atoms with Crippen LogP contribution >= 0.6 is 23.5 Å². The summed E-state index contributed by atoms with van der Waals surface area (Å²) < 4.78 is 0. The van der Waals surface area contributed by atoms with Gasteiger partial charge in [0.05, 0.1) is 11.5 Å². The van der Waals surface area contributed by atoms with Crippen molar-refractivity contribution in [3.63, 3.8) is 0 Å². The molecule has 0 aromatic rings. The van der Waals surface area contributed by atoms with Crippen LogP contribution in [0.4, 0.5) is 4.79 Å². The Morgan fingerprint density at radius 3 is 2.41 bits per heavy atom. The van der Waals surface area contributed by atoms with E-state index in [1.165, 1.54) is 30.6 Å². The van der Waals surface area contributed by atoms with E-state index in [0.29, 0.717) is 24.1 Å². The van der Waals surface area contributed by atoms with Gasteiger partial charge in [-0.2, -0.15) is 0 Å². The van der Waals surface area contributed by atoms with Crippen molar-refractivity contribution in [1.82, 2.24) is 9.80 Å². The lowest BCUT2D eigenvalue weighted by Gasteiger charge is -2.35. The fraction of sp³-hybridized carbons (Fsp3) is 0.800. The molecule has 0 radical (unpaired) electrons. The molecule has 0 unspecified atom stereocenters. The third-order valence-corrected chi connectivity index (χ3v) is 6.90. The van der Waals surface area contributed by atoms with E-state index in [1.54, 1.807) is 11.8 Å². The lowest BCUT2D eigenvalue weighted by atomic mass is 10.0. The number of nitrogens with zero attached hydrogens (tertiary/aromatic N) is 2. The first-order chi connectivity index (χ1) is 10.6. The van der Waals surface area contributed by atoms with Crippen LogP contribution in [0.25, 0.3) is 0 Å². The minimum Gasteiger partial charge on any atom is -0.342 e. The Balaban J connectivity index is 1.43. The average molecular weight is 342 g/mol. The van der Waals surface area contributed by atoms with Gasteiger partial charge in [-0.3, -0.25) is 19.3 Å². The number of hydrogen-bond donors (Lipinski definition) is 0. The van der Waals surface area contributed by atoms with Gasteiger partial charge in [0.1, 0.15) is 0 Å². The van der Waals surface area contributed by atoms with Gasteiger partial charge in [-0.15, -0.1) is 11.8 Å². The second kappa shape index (κ2) is 7.25. The molecule has 2 heterocycles. The van der Waals surface area contributed by atoms with Crippen molar-refractivity contribution in [2.24, 2.45) is 0 Å². The van der Waals surface area contributed by atoms with Crippen LogP contribution in [0.2, 0.25) is 0 Å². The number of piperidine rings is 1. The number of imide groups is 1. The molecular formula is C15H22N2O3S2. The second-order valence-electron chi connectivity index (χ2n) is 6.15. The van der Waals surface area contributed by atoms with Gasteiger partial charge in [-0.05, 0) is 25.7 Å². The molecule has 2 aliphatic heterocycles. The number of carbonyl (C=O) groups excluding carboxylic acids is 3. The summed E-state index contributed by atoms with van der Waals surface area (Å²) in [6, 6.07) is -0.0125. The predicted molar refractivity (Wildman–Crippen MR) is 89.0 cm³/mol. The van der Waals surface area contributed by atoms with Crippen LogP contribution in [0.3, 0.4) is 0 Å². The predicted octanol–water partition coefficient (Wildman–Crippen LogP) is 2.35. The molecule has 0 aromatic carbocycles. The highest BCUT2D eigenvalue weighted by Gasteiger charge is 2.37. The number of hydrogen-bond acceptors (Lipinski definition) is 5. The molecule has 2 saturated heterocycles. The number of amides is 3. The average Bonchev–Trinajstić information content (AvgIpc) is 3.15. The topological polar surface area (TPSA) is 57.7 Å². The fourth-order valence-electron chi connectivity index (χ4n) is 3.43. The summed E-state index contributed by atoms with van der Waals surface area (Å²) >= 11 is 2.89. The lowest BCUT2D eigenvalue weighted by molar-refractivity contribution is -0.131. The monoisotopic (exact) mass is 342 g/mol. The SMILES string of the molecule is O=C(CSC1CCCC1)N1CCC(N2C(=O)CSC2=O)CC1. The molecule has 122 valence electrons. The van der Waals surface area contributed by atoms with Gasteiger partial charge >= 0.3 is 0 Å². The molecule has 3 aliphatic rings. The molecular weight excluding hydrogens is 320 g/mol. The van der Waals surface area contributed by atoms with E-state index in [4.69, 9.17) is 0 Å². The molecule has 5 nitrogen and oxygen atoms in total. The molecule has 1 aliphatic carbocycles. The summed E-state index contributed by atoms with van der Waals surface area (Å²) in [5, 5.41) is 0.546. The van der Waals surface area contributed by atoms with Gasteiger partial charge in [-0.25, -0.2) is 0 Å². The van der Waals surface area contributed by atoms with Crippen LogP contribution in [0.15, 0.2) is 0 Å². The Bertz CT molecular complexity index is 442. The second-order valence-corrected chi connectivity index (χ2v) is 8.36. The Hall–Kier alpha value is -0.690. The Morgan fingerprint density at radius 1 is 1.14 bits per heavy atom. The zero-order valence-corrected chi connectivity index (χ0v) is 14.3. The molecule has 3 amide bonds. The van der Waals surface area contributed by atoms with E-state index >= 15 is 0 Å². The molecule has 1 saturated carbocycles. The normalized spacial score (nSPS) is 24.5. The minimum atomic E-state index is -0.119. The van der Waals surface area contributed by atoms with Gasteiger partial charge in [0.2, 0.25) is 11.8 Å². The van der Waals surface area contributed by atoms with Crippen LogP contribution in [-0.2, 0) is 9.59 Å². The van der Waals surface area contributed by atoms with Crippen molar-refractivity contribution in [1.29, 1.82) is 0 Å². The van der Waals surface area contributed by atoms with Gasteiger partial charge in [0, 0.05) is 24.4 Å². The quantitative estimate of drug-likeness (QED) is 0.785. The van der Waals surface area contributed by atoms with Crippen LogP contribution in [-0.4, -0.2) is 62.7 Å². The smallest absolute Gasteiger partial charge is 0.289 e. The van der Waals surface area contributed by atoms with E-state index < -0.39 is 0 Å². The Labute approximate surface area is 139 Å². The number of likely N-dealkylation sites (tertiary alicyclic amines) is 1. The van der Waals surface area contributed by atoms with Crippen molar-refractivity contribution >= 4 is 40.6 Å². The van der Waals surface area contributed by atoms with E-state index in [2.05, 4.69) is 0 Å². The molecule has 0 aromatic heterocycles. The number of rotatable bonds is 4. The minimum absolute atomic E-state index is 0.0125. The lowest BCUT2D eigenvalue weighted by Crippen LogP contribution is -2.48. The van der Waals surface area contributed by atoms with E-state index in [9.17, 15) is 14.4 Å². The maximum absolute atomic E-state index is 12.3. The van der Waals surface area contributed by atoms with Crippen molar-refractivity contribution in [2.45, 2.75) is 49.8 Å². The van der Waals surface area contributed by atoms with Crippen LogP contribution in [0.1, 0.15) is 38.5 Å². The Morgan fingerprint density at radius 2 is 1.82 bits per heavy atom. The number of carbonyl (C=O) groups is 3. The highest BCUT2D eigenvalue weighted by atomic mass is 32.2. The van der Waals surface area contributed by atoms with Gasteiger partial charge in [0.25, 0.3) is 5.24 Å². The summed E-state index contributed by atoms with van der Waals surface area (Å²) in [5.41, 5.74) is 0. The Kier molecular flexibility index (Phi) is 5.33. The molecule has 3 rings (SSSR count). The summed E-state index contributed by atoms with van der Waals surface area (Å²) in [4.78, 5) is 39.1. The standard InChI is InChI=1S/C15H22N2O3S2/c18-13(9-21-12-3-1-2-4-12)16-7-5-11(6-8-16)17-14(19)10-22-15(17)20/h11-12H,1-10H2. The highest BCUT2D eigenvalue weighted by Crippen LogP contribution is 2.30. The third-order valence-electron chi connectivity index (χ3n) is 4.71. The summed E-state index contributed by atoms with van der Waals surface area (Å²) in [6.07, 6.45) is 6.53. The van der Waals surface area contributed by atoms with E-state index in [1.807, 2.05) is 4.90 Å². The zero-order chi connectivity index (χ0) is 15.5. The van der Waals surface area contributed by atoms with Gasteiger partial charge in [-0.1, -0.05) is 24.6 Å². The van der Waals surface area contributed by atoms with E-state index in [0.717, 1.165) is 24.6 Å². The molecule has 7 heteroatoms. The molecule has 0 bridgehead atoms. The van der Waals surface area contributed by atoms with E-state index in [-0.39, 0.29) is 28.8 Å². The van der Waals surface area contributed by atoms with Crippen LogP contribution in [0, 0.1) is 0 Å². The van der Waals surface area contributed by atoms with Crippen molar-refractivity contribution in [3.8, 4) is 0 Å². The van der Waals surface area contributed by atoms with Crippen LogP contribution < -0.4 is 0 Å². The molecule has 22 heavy (non-hydrogen) atoms. The van der Waals surface area contributed by atoms with Gasteiger partial charge < -0.3 is 4.90 Å². The molecule has 0 spiro atoms. The zero-order valence-electron chi connectivity index (χ0n) is 12.7. The largest absolute Gasteiger partial charge is 0.342 e. The summed E-state index contributed by atoms with van der Waals surface area (Å²) in [7, 11) is 0. The molecule has 3 fully saturated rings. The highest BCUT2D eigenvalue weighted by molar-refractivity contribution is 8.14. The van der Waals surface area contributed by atoms with Gasteiger partial charge in [0.15, 0.2) is 0 Å². The maximum Gasteiger partial charge on any atom is 0.289 e. The first kappa shape index (κ1) is 16.2. The van der Waals surface area contributed by atoms with Crippen molar-refractivity contribution in [2.75, 3.05) is 24.6 Å². The number of thioether (sulfide) groups is 2. The fourth-order valence-corrected chi connectivity index (χ4v) is 5.43. The van der Waals surface area contributed by atoms with Crippen molar-refractivity contribution in [3.05, 3.63) is 0 Å². The summed E-state index contributed by atoms with van der Waals surface area (Å²) in [6.45, 7) is 1.33. The van der Waals surface area contributed by atoms with Crippen molar-refractivity contribution < 1.29 is 14.4 Å². The first-order valence-electron chi connectivity index (χ1n) is 8.03. The molecule has 0 N–H and O–H groups in total. The molecule has 0 atom stereocenters. The summed E-state index contributed by atoms with van der Waals surface area (Å²) in [5.74, 6) is 0.989. The third kappa shape index (κ3) is 3.62. The van der Waals surface area contributed by atoms with Crippen LogP contribution in [0.5, 0.6) is 0 Å². The first-order valence-corrected chi connectivity index (χ1v) is 10.1.